The fourth-order valence-electron chi connectivity index (χ4n) is 3.41. The molecule has 3 rings (SSSR count). The predicted octanol–water partition coefficient (Wildman–Crippen LogP) is 6.69. The Balaban J connectivity index is 1.77. The molecule has 0 aliphatic carbocycles. The molecule has 0 aliphatic rings. The Bertz CT molecular complexity index is 1070. The first kappa shape index (κ1) is 25.2. The summed E-state index contributed by atoms with van der Waals surface area (Å²) in [5.41, 5.74) is 2.19. The maximum atomic E-state index is 11.6. The average Bonchev–Trinajstić information content (AvgIpc) is 2.81. The second-order valence-corrected chi connectivity index (χ2v) is 9.21. The van der Waals surface area contributed by atoms with Crippen molar-refractivity contribution in [3.8, 4) is 11.5 Å². The molecule has 0 spiro atoms. The topological polar surface area (TPSA) is 71.0 Å². The minimum atomic E-state index is -0.961. The first-order valence-electron chi connectivity index (χ1n) is 11.2. The number of ether oxygens (including phenoxy) is 2. The number of nitrogens with one attached hydrogen (secondary N) is 1. The van der Waals surface area contributed by atoms with Gasteiger partial charge < -0.3 is 24.8 Å². The minimum Gasteiger partial charge on any atom is -0.485 e. The highest BCUT2D eigenvalue weighted by Gasteiger charge is 2.25. The molecule has 0 aliphatic heterocycles. The van der Waals surface area contributed by atoms with Gasteiger partial charge in [0.05, 0.1) is 5.69 Å². The summed E-state index contributed by atoms with van der Waals surface area (Å²) in [6, 6.07) is 23.3. The molecule has 0 radical (unpaired) electrons. The summed E-state index contributed by atoms with van der Waals surface area (Å²) in [4.78, 5) is 13.0. The number of benzene rings is 3. The molecule has 180 valence electrons. The zero-order valence-electron chi connectivity index (χ0n) is 19.8. The summed E-state index contributed by atoms with van der Waals surface area (Å²) < 4.78 is 12.1. The lowest BCUT2D eigenvalue weighted by Crippen LogP contribution is -2.47. The minimum absolute atomic E-state index is 0.307. The van der Waals surface area contributed by atoms with Gasteiger partial charge in [-0.1, -0.05) is 72.3 Å². The largest absolute Gasteiger partial charge is 0.485 e. The fourth-order valence-corrected chi connectivity index (χ4v) is 3.69. The maximum absolute atomic E-state index is 11.6. The molecule has 7 heteroatoms. The Labute approximate surface area is 206 Å². The molecule has 0 atom stereocenters. The summed E-state index contributed by atoms with van der Waals surface area (Å²) in [7, 11) is 0. The molecule has 34 heavy (non-hydrogen) atoms. The number of hydrogen-bond acceptors (Lipinski definition) is 4. The number of amides is 1. The smallest absolute Gasteiger partial charge is 0.407 e. The first-order chi connectivity index (χ1) is 16.3. The van der Waals surface area contributed by atoms with E-state index in [9.17, 15) is 9.90 Å². The quantitative estimate of drug-likeness (QED) is 0.337. The molecule has 0 aromatic heterocycles. The van der Waals surface area contributed by atoms with Crippen molar-refractivity contribution >= 4 is 23.4 Å². The van der Waals surface area contributed by atoms with E-state index in [-0.39, 0.29) is 0 Å². The van der Waals surface area contributed by atoms with Crippen molar-refractivity contribution < 1.29 is 19.4 Å². The van der Waals surface area contributed by atoms with Gasteiger partial charge in [-0.15, -0.1) is 0 Å². The van der Waals surface area contributed by atoms with Gasteiger partial charge in [-0.25, -0.2) is 4.79 Å². The van der Waals surface area contributed by atoms with Crippen molar-refractivity contribution in [1.29, 1.82) is 0 Å². The van der Waals surface area contributed by atoms with Crippen LogP contribution in [0.4, 0.5) is 10.5 Å². The van der Waals surface area contributed by atoms with Crippen molar-refractivity contribution in [1.82, 2.24) is 4.90 Å². The summed E-state index contributed by atoms with van der Waals surface area (Å²) >= 11 is 6.73. The lowest BCUT2D eigenvalue weighted by molar-refractivity contribution is 0.103. The Kier molecular flexibility index (Phi) is 8.66. The van der Waals surface area contributed by atoms with E-state index in [0.717, 1.165) is 11.1 Å². The summed E-state index contributed by atoms with van der Waals surface area (Å²) in [5, 5.41) is 13.1. The monoisotopic (exact) mass is 482 g/mol. The zero-order valence-corrected chi connectivity index (χ0v) is 20.5. The number of carbonyl (C=O) groups is 1. The third kappa shape index (κ3) is 7.06. The Hall–Kier alpha value is -3.38. The van der Waals surface area contributed by atoms with Gasteiger partial charge in [0, 0.05) is 18.6 Å². The van der Waals surface area contributed by atoms with Crippen molar-refractivity contribution in [3.63, 3.8) is 0 Å². The Morgan fingerprint density at radius 3 is 2.00 bits per heavy atom. The van der Waals surface area contributed by atoms with Crippen molar-refractivity contribution in [3.05, 3.63) is 88.9 Å². The van der Waals surface area contributed by atoms with E-state index in [0.29, 0.717) is 48.5 Å². The van der Waals surface area contributed by atoms with E-state index in [2.05, 4.69) is 5.32 Å². The molecule has 0 unspecified atom stereocenters. The SMILES string of the molecule is CC(C)(C)N(CCNc1ccc(OCc2ccccc2)c(OCc2ccccc2)c1Cl)C(=O)O. The van der Waals surface area contributed by atoms with Gasteiger partial charge >= 0.3 is 6.09 Å². The maximum Gasteiger partial charge on any atom is 0.407 e. The van der Waals surface area contributed by atoms with E-state index in [1.807, 2.05) is 93.6 Å². The summed E-state index contributed by atoms with van der Waals surface area (Å²) in [5.74, 6) is 0.981. The van der Waals surface area contributed by atoms with Gasteiger partial charge in [0.15, 0.2) is 11.5 Å². The first-order valence-corrected chi connectivity index (χ1v) is 11.5. The molecule has 0 bridgehead atoms. The second kappa shape index (κ2) is 11.7. The second-order valence-electron chi connectivity index (χ2n) is 8.83. The lowest BCUT2D eigenvalue weighted by atomic mass is 10.1. The zero-order chi connectivity index (χ0) is 24.6. The van der Waals surface area contributed by atoms with Crippen LogP contribution in [0.25, 0.3) is 0 Å². The molecular weight excluding hydrogens is 452 g/mol. The molecule has 0 fully saturated rings. The van der Waals surface area contributed by atoms with Crippen LogP contribution in [0, 0.1) is 0 Å². The fraction of sp³-hybridized carbons (Fsp3) is 0.296. The van der Waals surface area contributed by atoms with E-state index in [4.69, 9.17) is 21.1 Å². The molecular formula is C27H31ClN2O4. The van der Waals surface area contributed by atoms with Gasteiger partial charge in [0.1, 0.15) is 18.2 Å². The molecule has 0 saturated carbocycles. The van der Waals surface area contributed by atoms with Crippen molar-refractivity contribution in [2.24, 2.45) is 0 Å². The highest BCUT2D eigenvalue weighted by Crippen LogP contribution is 2.41. The molecule has 2 N–H and O–H groups in total. The lowest BCUT2D eigenvalue weighted by Gasteiger charge is -2.33. The van der Waals surface area contributed by atoms with Gasteiger partial charge in [0.2, 0.25) is 0 Å². The van der Waals surface area contributed by atoms with Crippen LogP contribution in [0.5, 0.6) is 11.5 Å². The van der Waals surface area contributed by atoms with E-state index in [1.54, 1.807) is 0 Å². The van der Waals surface area contributed by atoms with E-state index < -0.39 is 11.6 Å². The molecule has 0 saturated heterocycles. The van der Waals surface area contributed by atoms with Gasteiger partial charge in [-0.3, -0.25) is 0 Å². The van der Waals surface area contributed by atoms with Crippen LogP contribution in [-0.2, 0) is 13.2 Å². The highest BCUT2D eigenvalue weighted by molar-refractivity contribution is 6.35. The van der Waals surface area contributed by atoms with E-state index >= 15 is 0 Å². The third-order valence-electron chi connectivity index (χ3n) is 5.22. The van der Waals surface area contributed by atoms with Gasteiger partial charge in [-0.05, 0) is 44.0 Å². The van der Waals surface area contributed by atoms with E-state index in [1.165, 1.54) is 4.90 Å². The number of carboxylic acid groups (broad SMARTS) is 1. The predicted molar refractivity (Wildman–Crippen MR) is 136 cm³/mol. The van der Waals surface area contributed by atoms with Crippen LogP contribution in [0.2, 0.25) is 5.02 Å². The molecule has 0 heterocycles. The van der Waals surface area contributed by atoms with Crippen LogP contribution in [0.3, 0.4) is 0 Å². The molecule has 1 amide bonds. The Morgan fingerprint density at radius 1 is 0.912 bits per heavy atom. The van der Waals surface area contributed by atoms with Gasteiger partial charge in [0.25, 0.3) is 0 Å². The van der Waals surface area contributed by atoms with Crippen LogP contribution in [0.15, 0.2) is 72.8 Å². The Morgan fingerprint density at radius 2 is 1.47 bits per heavy atom. The van der Waals surface area contributed by atoms with Gasteiger partial charge in [-0.2, -0.15) is 0 Å². The normalized spacial score (nSPS) is 11.1. The van der Waals surface area contributed by atoms with Crippen LogP contribution < -0.4 is 14.8 Å². The summed E-state index contributed by atoms with van der Waals surface area (Å²) in [6.45, 7) is 7.01. The molecule has 3 aromatic rings. The number of halogens is 1. The average molecular weight is 483 g/mol. The third-order valence-corrected chi connectivity index (χ3v) is 5.59. The van der Waals surface area contributed by atoms with Crippen LogP contribution in [-0.4, -0.2) is 34.7 Å². The highest BCUT2D eigenvalue weighted by atomic mass is 35.5. The number of anilines is 1. The number of rotatable bonds is 10. The molecule has 6 nitrogen and oxygen atoms in total. The summed E-state index contributed by atoms with van der Waals surface area (Å²) in [6.07, 6.45) is -0.961. The van der Waals surface area contributed by atoms with Crippen LogP contribution >= 0.6 is 11.6 Å². The van der Waals surface area contributed by atoms with Crippen molar-refractivity contribution in [2.75, 3.05) is 18.4 Å². The standard InChI is InChI=1S/C27H31ClN2O4/c1-27(2,3)30(26(31)32)17-16-29-22-14-15-23(33-18-20-10-6-4-7-11-20)25(24(22)28)34-19-21-12-8-5-9-13-21/h4-15,29H,16-19H2,1-3H3,(H,31,32). The number of nitrogens with zero attached hydrogens (tertiary/aromatic N) is 1. The number of hydrogen-bond donors (Lipinski definition) is 2. The van der Waals surface area contributed by atoms with Crippen LogP contribution in [0.1, 0.15) is 31.9 Å². The molecule has 3 aromatic carbocycles. The van der Waals surface area contributed by atoms with Crippen molar-refractivity contribution in [2.45, 2.75) is 39.5 Å².